The van der Waals surface area contributed by atoms with Gasteiger partial charge in [-0.1, -0.05) is 12.1 Å². The fourth-order valence-electron chi connectivity index (χ4n) is 1.57. The number of rotatable bonds is 2. The van der Waals surface area contributed by atoms with Crippen LogP contribution in [0.4, 0.5) is 11.4 Å². The molecule has 1 aromatic rings. The van der Waals surface area contributed by atoms with Gasteiger partial charge in [-0.05, 0) is 23.8 Å². The number of hydrogen-bond donors (Lipinski definition) is 3. The first kappa shape index (κ1) is 13.2. The topological polar surface area (TPSA) is 64.6 Å². The lowest BCUT2D eigenvalue weighted by Crippen LogP contribution is -2.15. The summed E-state index contributed by atoms with van der Waals surface area (Å²) in [6, 6.07) is 6.10. The Morgan fingerprint density at radius 1 is 1.53 bits per heavy atom. The van der Waals surface area contributed by atoms with E-state index in [-0.39, 0.29) is 0 Å². The molecule has 0 aliphatic carbocycles. The Morgan fingerprint density at radius 2 is 2.24 bits per heavy atom. The molecule has 2 rings (SSSR count). The number of benzene rings is 1. The number of carbonyl (C=O) groups is 1. The maximum Gasteiger partial charge on any atom is 0.142 e. The van der Waals surface area contributed by atoms with Crippen LogP contribution in [-0.2, 0) is 4.79 Å². The summed E-state index contributed by atoms with van der Waals surface area (Å²) in [6.07, 6.45) is 4.08. The summed E-state index contributed by atoms with van der Waals surface area (Å²) in [5.74, 6) is 0. The number of hydrogen-bond acceptors (Lipinski definition) is 5. The van der Waals surface area contributed by atoms with Gasteiger partial charge < -0.3 is 15.4 Å². The zero-order valence-electron chi connectivity index (χ0n) is 9.97. The van der Waals surface area contributed by atoms with E-state index in [9.17, 15) is 4.79 Å². The van der Waals surface area contributed by atoms with Crippen molar-refractivity contribution in [3.8, 4) is 0 Å². The second kappa shape index (κ2) is 6.67. The molecule has 0 atom stereocenters. The summed E-state index contributed by atoms with van der Waals surface area (Å²) < 4.78 is 0. The lowest BCUT2D eigenvalue weighted by Gasteiger charge is -2.09. The van der Waals surface area contributed by atoms with E-state index in [1.54, 1.807) is 11.6 Å². The van der Waals surface area contributed by atoms with E-state index in [2.05, 4.69) is 16.3 Å². The van der Waals surface area contributed by atoms with E-state index in [1.807, 2.05) is 19.2 Å². The normalized spacial score (nSPS) is 12.8. The van der Waals surface area contributed by atoms with E-state index >= 15 is 0 Å². The smallest absolute Gasteiger partial charge is 0.142 e. The van der Waals surface area contributed by atoms with E-state index in [4.69, 9.17) is 5.21 Å². The molecule has 17 heavy (non-hydrogen) atoms. The molecule has 0 radical (unpaired) electrons. The third-order valence-corrected chi connectivity index (χ3v) is 2.31. The van der Waals surface area contributed by atoms with Crippen LogP contribution in [0.3, 0.4) is 0 Å². The van der Waals surface area contributed by atoms with Gasteiger partial charge in [0, 0.05) is 14.1 Å². The number of nitrogens with one attached hydrogen (secondary N) is 2. The lowest BCUT2D eigenvalue weighted by molar-refractivity contribution is -0.104. The predicted molar refractivity (Wildman–Crippen MR) is 69.3 cm³/mol. The molecule has 92 valence electrons. The van der Waals surface area contributed by atoms with Gasteiger partial charge in [0.1, 0.15) is 6.29 Å². The zero-order valence-corrected chi connectivity index (χ0v) is 9.97. The summed E-state index contributed by atoms with van der Waals surface area (Å²) in [4.78, 5) is 12.3. The van der Waals surface area contributed by atoms with Crippen LogP contribution in [0, 0.1) is 0 Å². The van der Waals surface area contributed by atoms with Crippen molar-refractivity contribution in [2.24, 2.45) is 0 Å². The quantitative estimate of drug-likeness (QED) is 0.410. The van der Waals surface area contributed by atoms with Crippen LogP contribution in [0.5, 0.6) is 0 Å². The first-order chi connectivity index (χ1) is 8.22. The molecule has 1 aromatic carbocycles. The van der Waals surface area contributed by atoms with Gasteiger partial charge in [0.25, 0.3) is 0 Å². The van der Waals surface area contributed by atoms with Crippen LogP contribution in [0.2, 0.25) is 0 Å². The maximum atomic E-state index is 10.2. The Morgan fingerprint density at radius 3 is 2.88 bits per heavy atom. The van der Waals surface area contributed by atoms with Gasteiger partial charge in [-0.2, -0.15) is 0 Å². The van der Waals surface area contributed by atoms with Crippen molar-refractivity contribution in [3.63, 3.8) is 0 Å². The molecule has 0 saturated heterocycles. The molecule has 0 bridgehead atoms. The molecule has 0 aromatic heterocycles. The number of carbonyl (C=O) groups excluding carboxylic acids is 1. The van der Waals surface area contributed by atoms with E-state index in [0.717, 1.165) is 24.2 Å². The number of allylic oxidation sites excluding steroid dienone is 1. The highest BCUT2D eigenvalue weighted by Crippen LogP contribution is 2.30. The molecular weight excluding hydrogens is 218 g/mol. The van der Waals surface area contributed by atoms with Crippen LogP contribution in [-0.4, -0.2) is 32.3 Å². The van der Waals surface area contributed by atoms with Gasteiger partial charge in [-0.25, -0.2) is 5.48 Å². The van der Waals surface area contributed by atoms with Gasteiger partial charge >= 0.3 is 0 Å². The fraction of sp³-hybridized carbons (Fsp3) is 0.250. The minimum atomic E-state index is 0.785. The standard InChI is InChI=1S/C11H12N2O.CH5NO/c1-13-8-12-10-7-9(3-2-6-14)4-5-11(10)13;1-2-3/h2-7,12H,8H2,1H3;2-3H,1H3/b3-2+;. The van der Waals surface area contributed by atoms with Gasteiger partial charge in [-0.3, -0.25) is 4.79 Å². The lowest BCUT2D eigenvalue weighted by atomic mass is 10.1. The molecule has 5 nitrogen and oxygen atoms in total. The fourth-order valence-corrected chi connectivity index (χ4v) is 1.57. The highest BCUT2D eigenvalue weighted by Gasteiger charge is 2.13. The van der Waals surface area contributed by atoms with Gasteiger partial charge in [0.2, 0.25) is 0 Å². The van der Waals surface area contributed by atoms with Crippen molar-refractivity contribution in [1.82, 2.24) is 5.48 Å². The first-order valence-electron chi connectivity index (χ1n) is 5.24. The van der Waals surface area contributed by atoms with E-state index in [0.29, 0.717) is 0 Å². The van der Waals surface area contributed by atoms with Crippen LogP contribution >= 0.6 is 0 Å². The van der Waals surface area contributed by atoms with Crippen LogP contribution < -0.4 is 15.7 Å². The Balaban J connectivity index is 0.000000437. The Labute approximate surface area is 101 Å². The predicted octanol–water partition coefficient (Wildman–Crippen LogP) is 1.31. The minimum absolute atomic E-state index is 0.785. The first-order valence-corrected chi connectivity index (χ1v) is 5.24. The summed E-state index contributed by atoms with van der Waals surface area (Å²) in [5.41, 5.74) is 5.12. The van der Waals surface area contributed by atoms with Gasteiger partial charge in [-0.15, -0.1) is 0 Å². The van der Waals surface area contributed by atoms with Crippen LogP contribution in [0.25, 0.3) is 6.08 Å². The number of hydroxylamine groups is 1. The van der Waals surface area contributed by atoms with Crippen molar-refractivity contribution >= 4 is 23.7 Å². The number of anilines is 2. The Hall–Kier alpha value is -1.85. The molecule has 0 amide bonds. The summed E-state index contributed by atoms with van der Waals surface area (Å²) in [5, 5.41) is 10.6. The summed E-state index contributed by atoms with van der Waals surface area (Å²) in [7, 11) is 3.47. The minimum Gasteiger partial charge on any atom is -0.366 e. The van der Waals surface area contributed by atoms with Crippen molar-refractivity contribution in [3.05, 3.63) is 29.8 Å². The number of aldehydes is 1. The highest BCUT2D eigenvalue weighted by atomic mass is 16.5. The molecule has 0 unspecified atom stereocenters. The molecule has 0 saturated carbocycles. The molecule has 1 aliphatic rings. The highest BCUT2D eigenvalue weighted by molar-refractivity contribution is 5.80. The molecule has 0 fully saturated rings. The Bertz CT molecular complexity index is 405. The largest absolute Gasteiger partial charge is 0.366 e. The average Bonchev–Trinajstić information content (AvgIpc) is 2.69. The van der Waals surface area contributed by atoms with Gasteiger partial charge in [0.15, 0.2) is 0 Å². The second-order valence-corrected chi connectivity index (χ2v) is 3.53. The third kappa shape index (κ3) is 3.58. The van der Waals surface area contributed by atoms with Crippen molar-refractivity contribution < 1.29 is 10.0 Å². The molecule has 3 N–H and O–H groups in total. The van der Waals surface area contributed by atoms with Crippen LogP contribution in [0.15, 0.2) is 24.3 Å². The summed E-state index contributed by atoms with van der Waals surface area (Å²) >= 11 is 0. The second-order valence-electron chi connectivity index (χ2n) is 3.53. The van der Waals surface area contributed by atoms with E-state index < -0.39 is 0 Å². The third-order valence-electron chi connectivity index (χ3n) is 2.31. The molecular formula is C12H17N3O2. The maximum absolute atomic E-state index is 10.2. The molecule has 1 heterocycles. The average molecular weight is 235 g/mol. The number of nitrogens with zero attached hydrogens (tertiary/aromatic N) is 1. The van der Waals surface area contributed by atoms with E-state index in [1.165, 1.54) is 18.8 Å². The van der Waals surface area contributed by atoms with Crippen molar-refractivity contribution in [1.29, 1.82) is 0 Å². The molecule has 1 aliphatic heterocycles. The molecule has 5 heteroatoms. The number of fused-ring (bicyclic) bond motifs is 1. The monoisotopic (exact) mass is 235 g/mol. The SMILES string of the molecule is CN1CNc2cc(/C=C/C=O)ccc21.CNO. The molecule has 0 spiro atoms. The summed E-state index contributed by atoms with van der Waals surface area (Å²) in [6.45, 7) is 0.843. The Kier molecular flexibility index (Phi) is 5.19. The van der Waals surface area contributed by atoms with Crippen molar-refractivity contribution in [2.45, 2.75) is 0 Å². The van der Waals surface area contributed by atoms with Gasteiger partial charge in [0.05, 0.1) is 18.0 Å². The van der Waals surface area contributed by atoms with Crippen molar-refractivity contribution in [2.75, 3.05) is 31.0 Å². The zero-order chi connectivity index (χ0) is 12.7. The van der Waals surface area contributed by atoms with Crippen LogP contribution in [0.1, 0.15) is 5.56 Å².